The van der Waals surface area contributed by atoms with E-state index < -0.39 is 17.8 Å². The van der Waals surface area contributed by atoms with Gasteiger partial charge in [-0.05, 0) is 50.7 Å². The van der Waals surface area contributed by atoms with Gasteiger partial charge in [0, 0.05) is 26.2 Å². The van der Waals surface area contributed by atoms with Crippen LogP contribution in [0.25, 0.3) is 0 Å². The number of fused-ring (bicyclic) bond motifs is 2. The van der Waals surface area contributed by atoms with Crippen LogP contribution in [-0.2, 0) is 9.59 Å². The number of amides is 1. The van der Waals surface area contributed by atoms with Gasteiger partial charge in [-0.3, -0.25) is 9.59 Å². The van der Waals surface area contributed by atoms with Crippen molar-refractivity contribution >= 4 is 29.2 Å². The molecule has 1 saturated heterocycles. The second kappa shape index (κ2) is 7.43. The molecule has 0 unspecified atom stereocenters. The van der Waals surface area contributed by atoms with Crippen molar-refractivity contribution in [3.63, 3.8) is 0 Å². The van der Waals surface area contributed by atoms with E-state index in [4.69, 9.17) is 11.6 Å². The van der Waals surface area contributed by atoms with Crippen molar-refractivity contribution < 1.29 is 14.7 Å². The van der Waals surface area contributed by atoms with Crippen LogP contribution in [0.3, 0.4) is 0 Å². The van der Waals surface area contributed by atoms with Crippen LogP contribution in [0.5, 0.6) is 0 Å². The highest BCUT2D eigenvalue weighted by Gasteiger charge is 2.58. The fraction of sp³-hybridized carbons (Fsp3) is 0.545. The summed E-state index contributed by atoms with van der Waals surface area (Å²) in [6.07, 6.45) is 1.83. The van der Waals surface area contributed by atoms with Crippen LogP contribution in [0.4, 0.5) is 5.69 Å². The van der Waals surface area contributed by atoms with Crippen LogP contribution in [-0.4, -0.2) is 48.1 Å². The Morgan fingerprint density at radius 2 is 1.61 bits per heavy atom. The van der Waals surface area contributed by atoms with Crippen molar-refractivity contribution in [2.75, 3.05) is 31.1 Å². The molecule has 5 nitrogen and oxygen atoms in total. The minimum Gasteiger partial charge on any atom is -0.481 e. The van der Waals surface area contributed by atoms with E-state index in [-0.39, 0.29) is 17.7 Å². The maximum Gasteiger partial charge on any atom is 0.307 e. The van der Waals surface area contributed by atoms with Crippen molar-refractivity contribution in [2.24, 2.45) is 23.7 Å². The van der Waals surface area contributed by atoms with E-state index >= 15 is 0 Å². The third-order valence-corrected chi connectivity index (χ3v) is 7.09. The third-order valence-electron chi connectivity index (χ3n) is 6.77. The molecule has 1 heterocycles. The van der Waals surface area contributed by atoms with Gasteiger partial charge in [0.05, 0.1) is 22.5 Å². The summed E-state index contributed by atoms with van der Waals surface area (Å²) in [6.45, 7) is 6.74. The normalized spacial score (nSPS) is 29.3. The third kappa shape index (κ3) is 3.10. The Kier molecular flexibility index (Phi) is 5.13. The minimum absolute atomic E-state index is 0.0251. The highest BCUT2D eigenvalue weighted by atomic mass is 35.5. The molecule has 1 aromatic carbocycles. The first-order valence-corrected chi connectivity index (χ1v) is 10.5. The summed E-state index contributed by atoms with van der Waals surface area (Å²) in [5.74, 6) is -1.64. The monoisotopic (exact) mass is 402 g/mol. The Hall–Kier alpha value is -2.01. The van der Waals surface area contributed by atoms with Crippen LogP contribution in [0.15, 0.2) is 35.4 Å². The molecular weight excluding hydrogens is 376 g/mol. The quantitative estimate of drug-likeness (QED) is 0.783. The Balaban J connectivity index is 1.50. The minimum atomic E-state index is -0.820. The number of carbonyl (C=O) groups excluding carboxylic acids is 1. The summed E-state index contributed by atoms with van der Waals surface area (Å²) in [4.78, 5) is 29.5. The summed E-state index contributed by atoms with van der Waals surface area (Å²) < 4.78 is 0. The van der Waals surface area contributed by atoms with Crippen LogP contribution >= 0.6 is 11.6 Å². The molecule has 0 aromatic heterocycles. The Morgan fingerprint density at radius 3 is 2.18 bits per heavy atom. The number of halogens is 1. The zero-order valence-electron chi connectivity index (χ0n) is 16.4. The summed E-state index contributed by atoms with van der Waals surface area (Å²) in [7, 11) is 0. The van der Waals surface area contributed by atoms with Gasteiger partial charge < -0.3 is 14.9 Å². The van der Waals surface area contributed by atoms with E-state index in [9.17, 15) is 14.7 Å². The molecule has 2 aliphatic carbocycles. The van der Waals surface area contributed by atoms with Crippen LogP contribution < -0.4 is 4.90 Å². The predicted octanol–water partition coefficient (Wildman–Crippen LogP) is 3.68. The highest BCUT2D eigenvalue weighted by Crippen LogP contribution is 2.57. The lowest BCUT2D eigenvalue weighted by Gasteiger charge is -2.39. The molecule has 4 atom stereocenters. The fourth-order valence-corrected chi connectivity index (χ4v) is 5.93. The molecule has 3 aliphatic rings. The molecule has 4 rings (SSSR count). The smallest absolute Gasteiger partial charge is 0.307 e. The van der Waals surface area contributed by atoms with Crippen molar-refractivity contribution in [3.05, 3.63) is 40.4 Å². The van der Waals surface area contributed by atoms with E-state index in [0.29, 0.717) is 26.2 Å². The molecule has 1 amide bonds. The van der Waals surface area contributed by atoms with Crippen LogP contribution in [0.1, 0.15) is 26.7 Å². The van der Waals surface area contributed by atoms with E-state index in [1.807, 2.05) is 29.2 Å². The molecule has 6 heteroatoms. The van der Waals surface area contributed by atoms with E-state index in [1.54, 1.807) is 0 Å². The number of piperazine rings is 1. The molecule has 2 bridgehead atoms. The van der Waals surface area contributed by atoms with Gasteiger partial charge in [-0.1, -0.05) is 34.9 Å². The summed E-state index contributed by atoms with van der Waals surface area (Å²) >= 11 is 6.31. The molecule has 1 aromatic rings. The number of aliphatic carboxylic acids is 1. The molecule has 0 radical (unpaired) electrons. The van der Waals surface area contributed by atoms with Crippen molar-refractivity contribution in [1.29, 1.82) is 0 Å². The van der Waals surface area contributed by atoms with Gasteiger partial charge in [0.15, 0.2) is 0 Å². The average molecular weight is 403 g/mol. The standard InChI is InChI=1S/C22H27ClN2O3/c1-13(2)18-14-7-8-15(18)20(22(27)28)19(14)21(26)25-11-9-24(10-12-25)17-6-4-3-5-16(17)23/h3-6,14-15,19-20H,7-12H2,1-2H3,(H,27,28)/t14-,15-,19+,20+/m0/s1. The van der Waals surface area contributed by atoms with Gasteiger partial charge in [0.2, 0.25) is 5.91 Å². The van der Waals surface area contributed by atoms with Gasteiger partial charge in [-0.25, -0.2) is 0 Å². The Labute approximate surface area is 171 Å². The Morgan fingerprint density at radius 1 is 1.00 bits per heavy atom. The molecule has 1 N–H and O–H groups in total. The lowest BCUT2D eigenvalue weighted by molar-refractivity contribution is -0.153. The summed E-state index contributed by atoms with van der Waals surface area (Å²) in [6, 6.07) is 7.75. The van der Waals surface area contributed by atoms with E-state index in [2.05, 4.69) is 18.7 Å². The number of carbonyl (C=O) groups is 2. The predicted molar refractivity (Wildman–Crippen MR) is 109 cm³/mol. The number of para-hydroxylation sites is 1. The van der Waals surface area contributed by atoms with Crippen molar-refractivity contribution in [2.45, 2.75) is 26.7 Å². The van der Waals surface area contributed by atoms with Crippen LogP contribution in [0.2, 0.25) is 5.02 Å². The number of benzene rings is 1. The maximum atomic E-state index is 13.4. The first kappa shape index (κ1) is 19.3. The van der Waals surface area contributed by atoms with Crippen molar-refractivity contribution in [1.82, 2.24) is 4.90 Å². The average Bonchev–Trinajstić information content (AvgIpc) is 3.24. The molecule has 3 fully saturated rings. The van der Waals surface area contributed by atoms with Gasteiger partial charge in [-0.15, -0.1) is 0 Å². The molecule has 0 spiro atoms. The molecule has 150 valence electrons. The SMILES string of the molecule is CC(C)=C1[C@@H]2CC[C@@H]1[C@@H](C(=O)N1CCN(c3ccccc3Cl)CC1)[C@@H]2C(=O)O. The first-order chi connectivity index (χ1) is 13.4. The van der Waals surface area contributed by atoms with Gasteiger partial charge in [0.25, 0.3) is 0 Å². The lowest BCUT2D eigenvalue weighted by atomic mass is 9.78. The highest BCUT2D eigenvalue weighted by molar-refractivity contribution is 6.33. The second-order valence-electron chi connectivity index (χ2n) is 8.40. The molecule has 2 saturated carbocycles. The Bertz CT molecular complexity index is 825. The number of anilines is 1. The molecule has 1 aliphatic heterocycles. The van der Waals surface area contributed by atoms with Crippen molar-refractivity contribution in [3.8, 4) is 0 Å². The first-order valence-electron chi connectivity index (χ1n) is 10.1. The van der Waals surface area contributed by atoms with Gasteiger partial charge in [-0.2, -0.15) is 0 Å². The largest absolute Gasteiger partial charge is 0.481 e. The fourth-order valence-electron chi connectivity index (χ4n) is 5.67. The number of hydrogen-bond acceptors (Lipinski definition) is 3. The maximum absolute atomic E-state index is 13.4. The number of allylic oxidation sites excluding steroid dienone is 2. The summed E-state index contributed by atoms with van der Waals surface area (Å²) in [5.41, 5.74) is 3.42. The van der Waals surface area contributed by atoms with E-state index in [0.717, 1.165) is 23.6 Å². The number of hydrogen-bond donors (Lipinski definition) is 1. The zero-order valence-corrected chi connectivity index (χ0v) is 17.2. The number of rotatable bonds is 3. The summed E-state index contributed by atoms with van der Waals surface area (Å²) in [5, 5.41) is 10.6. The van der Waals surface area contributed by atoms with E-state index in [1.165, 1.54) is 11.1 Å². The van der Waals surface area contributed by atoms with Gasteiger partial charge in [0.1, 0.15) is 0 Å². The second-order valence-corrected chi connectivity index (χ2v) is 8.81. The molecular formula is C22H27ClN2O3. The van der Waals surface area contributed by atoms with Crippen LogP contribution in [0, 0.1) is 23.7 Å². The zero-order chi connectivity index (χ0) is 20.0. The lowest BCUT2D eigenvalue weighted by Crippen LogP contribution is -2.52. The number of carboxylic acids is 1. The number of carboxylic acid groups (broad SMARTS) is 1. The topological polar surface area (TPSA) is 60.9 Å². The number of nitrogens with zero attached hydrogens (tertiary/aromatic N) is 2. The van der Waals surface area contributed by atoms with Gasteiger partial charge >= 0.3 is 5.97 Å². The molecule has 28 heavy (non-hydrogen) atoms.